The molecule has 3 saturated carbocycles. The molecule has 196 valence electrons. The molecule has 2 aromatic rings. The highest BCUT2D eigenvalue weighted by atomic mass is 16.3. The lowest BCUT2D eigenvalue weighted by atomic mass is 9.43. The van der Waals surface area contributed by atoms with E-state index < -0.39 is 0 Å². The highest BCUT2D eigenvalue weighted by molar-refractivity contribution is 5.94. The van der Waals surface area contributed by atoms with Gasteiger partial charge in [0.2, 0.25) is 0 Å². The monoisotopic (exact) mass is 501 g/mol. The number of nitrogens with zero attached hydrogens (tertiary/aromatic N) is 3. The van der Waals surface area contributed by atoms with E-state index in [0.29, 0.717) is 23.6 Å². The third-order valence-electron chi connectivity index (χ3n) is 11.3. The Kier molecular flexibility index (Phi) is 5.05. The lowest BCUT2D eigenvalue weighted by Crippen LogP contribution is -2.70. The Hall–Kier alpha value is -2.60. The Morgan fingerprint density at radius 2 is 2.00 bits per heavy atom. The molecule has 4 fully saturated rings. The molecule has 1 saturated heterocycles. The minimum absolute atomic E-state index is 0.0391. The maximum absolute atomic E-state index is 13.8. The van der Waals surface area contributed by atoms with Gasteiger partial charge in [-0.1, -0.05) is 13.0 Å². The fraction of sp³-hybridized carbons (Fsp3) is 0.613. The van der Waals surface area contributed by atoms with Gasteiger partial charge >= 0.3 is 0 Å². The summed E-state index contributed by atoms with van der Waals surface area (Å²) in [6, 6.07) is 10.2. The van der Waals surface area contributed by atoms with Gasteiger partial charge in [0.1, 0.15) is 11.3 Å². The predicted molar refractivity (Wildman–Crippen MR) is 143 cm³/mol. The van der Waals surface area contributed by atoms with E-state index in [1.54, 1.807) is 25.4 Å². The predicted octanol–water partition coefficient (Wildman–Crippen LogP) is 3.95. The Labute approximate surface area is 219 Å². The molecule has 0 spiro atoms. The van der Waals surface area contributed by atoms with Crippen LogP contribution < -0.4 is 5.56 Å². The summed E-state index contributed by atoms with van der Waals surface area (Å²) in [5.74, 6) is 1.85. The minimum atomic E-state index is -0.233. The largest absolute Gasteiger partial charge is 0.508 e. The number of hydrogen-bond donors (Lipinski definition) is 1. The summed E-state index contributed by atoms with van der Waals surface area (Å²) in [6.07, 6.45) is 9.88. The van der Waals surface area contributed by atoms with Crippen LogP contribution in [0.4, 0.5) is 0 Å². The molecule has 6 nitrogen and oxygen atoms in total. The summed E-state index contributed by atoms with van der Waals surface area (Å²) in [4.78, 5) is 31.3. The normalized spacial score (nSPS) is 36.1. The molecule has 6 atom stereocenters. The third kappa shape index (κ3) is 3.08. The van der Waals surface area contributed by atoms with Crippen LogP contribution in [0, 0.1) is 23.2 Å². The Bertz CT molecular complexity index is 1330. The number of piperidine rings is 1. The number of aromatic nitrogens is 1. The number of phenolic OH excluding ortho intramolecular Hbond substituents is 1. The van der Waals surface area contributed by atoms with Crippen LogP contribution in [-0.4, -0.2) is 57.6 Å². The SMILES string of the molecule is C[C@H]1CC23CCC(N(C)C(=O)c4cccn(C)c4=O)C1C21CCN(CC2CC2)[C@@H]3Cc2ccc(O)cc21. The van der Waals surface area contributed by atoms with Crippen molar-refractivity contribution in [2.75, 3.05) is 20.1 Å². The first-order chi connectivity index (χ1) is 17.8. The van der Waals surface area contributed by atoms with E-state index >= 15 is 0 Å². The van der Waals surface area contributed by atoms with Crippen molar-refractivity contribution in [2.24, 2.45) is 30.2 Å². The molecule has 1 aliphatic heterocycles. The fourth-order valence-corrected chi connectivity index (χ4v) is 9.82. The molecule has 1 aromatic carbocycles. The number of pyridine rings is 1. The molecule has 1 N–H and O–H groups in total. The summed E-state index contributed by atoms with van der Waals surface area (Å²) in [7, 11) is 3.62. The van der Waals surface area contributed by atoms with Crippen LogP contribution in [0.2, 0.25) is 0 Å². The van der Waals surface area contributed by atoms with Crippen molar-refractivity contribution in [3.8, 4) is 5.75 Å². The number of likely N-dealkylation sites (tertiary alicyclic amines) is 1. The number of fused-ring (bicyclic) bond motifs is 1. The van der Waals surface area contributed by atoms with Gasteiger partial charge in [0.25, 0.3) is 11.5 Å². The summed E-state index contributed by atoms with van der Waals surface area (Å²) < 4.78 is 1.49. The molecular weight excluding hydrogens is 462 g/mol. The lowest BCUT2D eigenvalue weighted by molar-refractivity contribution is -0.105. The smallest absolute Gasteiger partial charge is 0.263 e. The summed E-state index contributed by atoms with van der Waals surface area (Å²) in [5, 5.41) is 10.7. The second kappa shape index (κ2) is 7.95. The second-order valence-electron chi connectivity index (χ2n) is 12.9. The van der Waals surface area contributed by atoms with E-state index in [4.69, 9.17) is 0 Å². The van der Waals surface area contributed by atoms with Crippen LogP contribution in [0.15, 0.2) is 41.3 Å². The van der Waals surface area contributed by atoms with Crippen molar-refractivity contribution in [1.82, 2.24) is 14.4 Å². The van der Waals surface area contributed by atoms with Crippen LogP contribution >= 0.6 is 0 Å². The van der Waals surface area contributed by atoms with Gasteiger partial charge in [-0.15, -0.1) is 0 Å². The summed E-state index contributed by atoms with van der Waals surface area (Å²) in [6.45, 7) is 4.74. The van der Waals surface area contributed by atoms with E-state index in [1.165, 1.54) is 41.5 Å². The molecule has 2 heterocycles. The zero-order valence-electron chi connectivity index (χ0n) is 22.3. The molecular formula is C31H39N3O3. The van der Waals surface area contributed by atoms with Gasteiger partial charge < -0.3 is 14.6 Å². The van der Waals surface area contributed by atoms with Crippen LogP contribution in [0.25, 0.3) is 0 Å². The maximum atomic E-state index is 13.8. The molecule has 0 radical (unpaired) electrons. The van der Waals surface area contributed by atoms with Crippen molar-refractivity contribution in [1.29, 1.82) is 0 Å². The van der Waals surface area contributed by atoms with Crippen molar-refractivity contribution < 1.29 is 9.90 Å². The first-order valence-corrected chi connectivity index (χ1v) is 14.3. The standard InChI is InChI=1S/C31H39N3O3/c1-19-17-30-11-10-25(33(3)29(37)23-5-4-13-32(2)28(23)36)27(19)31(30)12-14-34(18-20-6-7-20)26(30)15-21-8-9-22(35)16-24(21)31/h4-5,8-9,13,16,19-20,25-27,35H,6-7,10-12,14-15,17-18H2,1-3H3/t19-,25?,26+,27?,30?,31?/m0/s1. The summed E-state index contributed by atoms with van der Waals surface area (Å²) in [5.41, 5.74) is 2.92. The molecule has 4 aliphatic carbocycles. The molecule has 1 aromatic heterocycles. The van der Waals surface area contributed by atoms with Gasteiger partial charge in [0.15, 0.2) is 0 Å². The maximum Gasteiger partial charge on any atom is 0.263 e. The van der Waals surface area contributed by atoms with Crippen molar-refractivity contribution >= 4 is 5.91 Å². The highest BCUT2D eigenvalue weighted by Crippen LogP contribution is 2.74. The van der Waals surface area contributed by atoms with Crippen LogP contribution in [-0.2, 0) is 18.9 Å². The molecule has 37 heavy (non-hydrogen) atoms. The number of amides is 1. The van der Waals surface area contributed by atoms with Gasteiger partial charge in [-0.2, -0.15) is 0 Å². The number of hydrogen-bond acceptors (Lipinski definition) is 4. The van der Waals surface area contributed by atoms with Gasteiger partial charge in [-0.05, 0) is 110 Å². The number of aryl methyl sites for hydroxylation is 1. The van der Waals surface area contributed by atoms with Gasteiger partial charge in [-0.25, -0.2) is 0 Å². The number of phenols is 1. The molecule has 6 heteroatoms. The lowest BCUT2D eigenvalue weighted by Gasteiger charge is -2.67. The Morgan fingerprint density at radius 1 is 1.19 bits per heavy atom. The molecule has 4 bridgehead atoms. The quantitative estimate of drug-likeness (QED) is 0.689. The number of carbonyl (C=O) groups excluding carboxylic acids is 1. The minimum Gasteiger partial charge on any atom is -0.508 e. The van der Waals surface area contributed by atoms with E-state index in [1.807, 2.05) is 18.0 Å². The van der Waals surface area contributed by atoms with Crippen LogP contribution in [0.5, 0.6) is 5.75 Å². The van der Waals surface area contributed by atoms with E-state index in [9.17, 15) is 14.7 Å². The summed E-state index contributed by atoms with van der Waals surface area (Å²) >= 11 is 0. The second-order valence-corrected chi connectivity index (χ2v) is 12.9. The van der Waals surface area contributed by atoms with E-state index in [0.717, 1.165) is 38.1 Å². The zero-order valence-corrected chi connectivity index (χ0v) is 22.3. The number of rotatable bonds is 4. The number of carbonyl (C=O) groups is 1. The highest BCUT2D eigenvalue weighted by Gasteiger charge is 2.73. The molecule has 7 rings (SSSR count). The average molecular weight is 502 g/mol. The van der Waals surface area contributed by atoms with Crippen LogP contribution in [0.1, 0.15) is 66.9 Å². The molecule has 4 unspecified atom stereocenters. The Morgan fingerprint density at radius 3 is 2.78 bits per heavy atom. The van der Waals surface area contributed by atoms with Gasteiger partial charge in [-0.3, -0.25) is 14.5 Å². The van der Waals surface area contributed by atoms with E-state index in [2.05, 4.69) is 24.0 Å². The van der Waals surface area contributed by atoms with Crippen molar-refractivity contribution in [2.45, 2.75) is 69.4 Å². The topological polar surface area (TPSA) is 65.8 Å². The Balaban J connectivity index is 1.34. The first-order valence-electron chi connectivity index (χ1n) is 14.3. The average Bonchev–Trinajstić information content (AvgIpc) is 3.67. The fourth-order valence-electron chi connectivity index (χ4n) is 9.82. The first kappa shape index (κ1) is 23.5. The van der Waals surface area contributed by atoms with E-state index in [-0.39, 0.29) is 33.9 Å². The zero-order chi connectivity index (χ0) is 25.7. The number of aromatic hydroxyl groups is 1. The molecule has 5 aliphatic rings. The third-order valence-corrected chi connectivity index (χ3v) is 11.3. The van der Waals surface area contributed by atoms with Crippen LogP contribution in [0.3, 0.4) is 0 Å². The van der Waals surface area contributed by atoms with Gasteiger partial charge in [0, 0.05) is 44.3 Å². The number of benzene rings is 1. The van der Waals surface area contributed by atoms with Crippen molar-refractivity contribution in [3.63, 3.8) is 0 Å². The molecule has 1 amide bonds. The van der Waals surface area contributed by atoms with Gasteiger partial charge in [0.05, 0.1) is 0 Å². The van der Waals surface area contributed by atoms with Crippen molar-refractivity contribution in [3.05, 3.63) is 63.6 Å².